The van der Waals surface area contributed by atoms with Crippen molar-refractivity contribution in [3.05, 3.63) is 48.0 Å². The van der Waals surface area contributed by atoms with E-state index in [0.29, 0.717) is 12.3 Å². The van der Waals surface area contributed by atoms with Gasteiger partial charge in [0.2, 0.25) is 5.91 Å². The first-order valence-corrected chi connectivity index (χ1v) is 11.6. The van der Waals surface area contributed by atoms with Gasteiger partial charge in [0, 0.05) is 17.8 Å². The van der Waals surface area contributed by atoms with Crippen molar-refractivity contribution in [2.75, 3.05) is 18.5 Å². The second-order valence-electron chi connectivity index (χ2n) is 8.32. The number of carbonyl (C=O) groups excluding carboxylic acids is 2. The van der Waals surface area contributed by atoms with Gasteiger partial charge in [-0.15, -0.1) is 11.3 Å². The van der Waals surface area contributed by atoms with E-state index in [0.717, 1.165) is 41.9 Å². The first-order valence-electron chi connectivity index (χ1n) is 10.8. The first kappa shape index (κ1) is 20.2. The topological polar surface area (TPSA) is 71.5 Å². The predicted octanol–water partition coefficient (Wildman–Crippen LogP) is 4.38. The molecule has 2 fully saturated rings. The molecule has 2 saturated heterocycles. The molecular formula is C24H25N3O3S. The van der Waals surface area contributed by atoms with Gasteiger partial charge in [0.25, 0.3) is 5.91 Å². The van der Waals surface area contributed by atoms with E-state index in [2.05, 4.69) is 24.4 Å². The number of anilines is 1. The molecule has 0 unspecified atom stereocenters. The van der Waals surface area contributed by atoms with Gasteiger partial charge < -0.3 is 15.0 Å². The Hall–Kier alpha value is -2.77. The molecule has 3 heterocycles. The minimum Gasteiger partial charge on any atom is -0.366 e. The number of carbonyl (C=O) groups is 2. The Morgan fingerprint density at radius 3 is 2.90 bits per heavy atom. The van der Waals surface area contributed by atoms with Gasteiger partial charge in [-0.3, -0.25) is 9.59 Å². The molecule has 0 radical (unpaired) electrons. The Morgan fingerprint density at radius 1 is 1.23 bits per heavy atom. The number of aromatic nitrogens is 1. The number of hydrogen-bond donors (Lipinski definition) is 1. The number of thiazole rings is 1. The van der Waals surface area contributed by atoms with E-state index >= 15 is 0 Å². The van der Waals surface area contributed by atoms with Gasteiger partial charge in [0.1, 0.15) is 11.1 Å². The van der Waals surface area contributed by atoms with Crippen molar-refractivity contribution < 1.29 is 14.3 Å². The number of piperidine rings is 1. The molecule has 2 aliphatic rings. The van der Waals surface area contributed by atoms with E-state index in [-0.39, 0.29) is 24.3 Å². The van der Waals surface area contributed by atoms with Crippen LogP contribution in [-0.2, 0) is 14.3 Å². The number of aryl methyl sites for hydroxylation is 1. The van der Waals surface area contributed by atoms with E-state index in [1.54, 1.807) is 11.3 Å². The van der Waals surface area contributed by atoms with Crippen LogP contribution in [0.15, 0.2) is 42.5 Å². The number of fused-ring (bicyclic) bond motifs is 2. The Balaban J connectivity index is 1.22. The molecule has 0 bridgehead atoms. The summed E-state index contributed by atoms with van der Waals surface area (Å²) in [6, 6.07) is 14.1. The molecule has 2 aromatic carbocycles. The van der Waals surface area contributed by atoms with Crippen molar-refractivity contribution in [2.45, 2.75) is 44.8 Å². The lowest BCUT2D eigenvalue weighted by Gasteiger charge is -2.41. The molecule has 31 heavy (non-hydrogen) atoms. The number of hydrogen-bond acceptors (Lipinski definition) is 5. The van der Waals surface area contributed by atoms with Crippen molar-refractivity contribution in [1.29, 1.82) is 0 Å². The van der Waals surface area contributed by atoms with Crippen molar-refractivity contribution in [2.24, 2.45) is 0 Å². The zero-order valence-electron chi connectivity index (χ0n) is 17.5. The lowest BCUT2D eigenvalue weighted by molar-refractivity contribution is -0.163. The molecular weight excluding hydrogens is 410 g/mol. The van der Waals surface area contributed by atoms with Gasteiger partial charge in [-0.2, -0.15) is 0 Å². The Morgan fingerprint density at radius 2 is 2.06 bits per heavy atom. The summed E-state index contributed by atoms with van der Waals surface area (Å²) in [4.78, 5) is 31.8. The number of nitrogens with one attached hydrogen (secondary N) is 1. The van der Waals surface area contributed by atoms with Crippen LogP contribution in [0.1, 0.15) is 31.2 Å². The van der Waals surface area contributed by atoms with E-state index < -0.39 is 6.10 Å². The van der Waals surface area contributed by atoms with Crippen LogP contribution in [0.3, 0.4) is 0 Å². The molecule has 1 aromatic heterocycles. The minimum atomic E-state index is -0.681. The van der Waals surface area contributed by atoms with Gasteiger partial charge in [-0.1, -0.05) is 6.07 Å². The van der Waals surface area contributed by atoms with Crippen molar-refractivity contribution in [3.8, 4) is 10.6 Å². The normalized spacial score (nSPS) is 21.2. The molecule has 0 saturated carbocycles. The molecule has 1 N–H and O–H groups in total. The largest absolute Gasteiger partial charge is 0.366 e. The molecule has 7 heteroatoms. The average Bonchev–Trinajstić information content (AvgIpc) is 3.19. The van der Waals surface area contributed by atoms with Gasteiger partial charge in [0.15, 0.2) is 0 Å². The quantitative estimate of drug-likeness (QED) is 0.660. The number of morpholine rings is 1. The summed E-state index contributed by atoms with van der Waals surface area (Å²) in [5.41, 5.74) is 3.93. The molecule has 160 valence electrons. The highest BCUT2D eigenvalue weighted by Crippen LogP contribution is 2.31. The highest BCUT2D eigenvalue weighted by Gasteiger charge is 2.38. The maximum absolute atomic E-state index is 12.7. The summed E-state index contributed by atoms with van der Waals surface area (Å²) in [5.74, 6) is -0.260. The molecule has 3 aromatic rings. The first-order chi connectivity index (χ1) is 15.1. The fraction of sp³-hybridized carbons (Fsp3) is 0.375. The number of rotatable bonds is 4. The summed E-state index contributed by atoms with van der Waals surface area (Å²) >= 11 is 1.66. The Kier molecular flexibility index (Phi) is 5.46. The fourth-order valence-electron chi connectivity index (χ4n) is 4.33. The summed E-state index contributed by atoms with van der Waals surface area (Å²) in [6.07, 6.45) is 2.52. The van der Waals surface area contributed by atoms with Gasteiger partial charge in [-0.25, -0.2) is 4.98 Å². The lowest BCUT2D eigenvalue weighted by atomic mass is 9.99. The van der Waals surface area contributed by atoms with Crippen LogP contribution in [0, 0.1) is 6.92 Å². The highest BCUT2D eigenvalue weighted by atomic mass is 32.1. The van der Waals surface area contributed by atoms with Gasteiger partial charge in [0.05, 0.1) is 29.3 Å². The Labute approximate surface area is 185 Å². The molecule has 0 spiro atoms. The predicted molar refractivity (Wildman–Crippen MR) is 122 cm³/mol. The third-order valence-corrected chi connectivity index (χ3v) is 7.07. The molecule has 2 atom stereocenters. The standard InChI is InChI=1S/C24H25N3O3S/c1-15-5-10-19-21(12-15)31-23(26-19)16-6-8-17(9-7-16)25-22(28)13-20-24(29)27-11-3-2-4-18(27)14-30-20/h5-10,12,18,20H,2-4,11,13-14H2,1H3,(H,25,28)/t18-,20-/m1/s1. The number of amides is 2. The molecule has 2 aliphatic heterocycles. The molecule has 0 aliphatic carbocycles. The summed E-state index contributed by atoms with van der Waals surface area (Å²) in [5, 5.41) is 3.84. The maximum atomic E-state index is 12.7. The second kappa shape index (κ2) is 8.40. The van der Waals surface area contributed by atoms with Crippen LogP contribution < -0.4 is 5.32 Å². The Bertz CT molecular complexity index is 1120. The van der Waals surface area contributed by atoms with Gasteiger partial charge in [-0.05, 0) is 68.1 Å². The minimum absolute atomic E-state index is 0.0427. The van der Waals surface area contributed by atoms with Crippen LogP contribution in [0.5, 0.6) is 0 Å². The number of ether oxygens (including phenoxy) is 1. The van der Waals surface area contributed by atoms with Crippen molar-refractivity contribution >= 4 is 39.1 Å². The van der Waals surface area contributed by atoms with Crippen LogP contribution in [-0.4, -0.2) is 47.0 Å². The summed E-state index contributed by atoms with van der Waals surface area (Å²) in [7, 11) is 0. The van der Waals surface area contributed by atoms with E-state index in [1.807, 2.05) is 35.2 Å². The molecule has 5 rings (SSSR count). The number of nitrogens with zero attached hydrogens (tertiary/aromatic N) is 2. The fourth-order valence-corrected chi connectivity index (χ4v) is 5.39. The SMILES string of the molecule is Cc1ccc2nc(-c3ccc(NC(=O)C[C@H]4OC[C@H]5CCCCN5C4=O)cc3)sc2c1. The zero-order valence-corrected chi connectivity index (χ0v) is 18.3. The molecule has 2 amide bonds. The van der Waals surface area contributed by atoms with Crippen LogP contribution in [0.25, 0.3) is 20.8 Å². The van der Waals surface area contributed by atoms with E-state index in [9.17, 15) is 9.59 Å². The van der Waals surface area contributed by atoms with Crippen LogP contribution in [0.2, 0.25) is 0 Å². The van der Waals surface area contributed by atoms with Crippen molar-refractivity contribution in [1.82, 2.24) is 9.88 Å². The highest BCUT2D eigenvalue weighted by molar-refractivity contribution is 7.21. The summed E-state index contributed by atoms with van der Waals surface area (Å²) in [6.45, 7) is 3.38. The van der Waals surface area contributed by atoms with E-state index in [4.69, 9.17) is 9.72 Å². The van der Waals surface area contributed by atoms with Crippen molar-refractivity contribution in [3.63, 3.8) is 0 Å². The number of benzene rings is 2. The zero-order chi connectivity index (χ0) is 21.4. The third-order valence-electron chi connectivity index (χ3n) is 6.01. The average molecular weight is 436 g/mol. The van der Waals surface area contributed by atoms with E-state index in [1.165, 1.54) is 10.3 Å². The third kappa shape index (κ3) is 4.20. The summed E-state index contributed by atoms with van der Waals surface area (Å²) < 4.78 is 6.89. The second-order valence-corrected chi connectivity index (χ2v) is 9.35. The maximum Gasteiger partial charge on any atom is 0.252 e. The van der Waals surface area contributed by atoms with Crippen LogP contribution in [0.4, 0.5) is 5.69 Å². The smallest absolute Gasteiger partial charge is 0.252 e. The van der Waals surface area contributed by atoms with Gasteiger partial charge >= 0.3 is 0 Å². The van der Waals surface area contributed by atoms with Crippen LogP contribution >= 0.6 is 11.3 Å². The molecule has 6 nitrogen and oxygen atoms in total. The monoisotopic (exact) mass is 435 g/mol. The lowest BCUT2D eigenvalue weighted by Crippen LogP contribution is -2.56.